The summed E-state index contributed by atoms with van der Waals surface area (Å²) in [6, 6.07) is 2.98. The highest BCUT2D eigenvalue weighted by Gasteiger charge is 2.23. The average molecular weight is 288 g/mol. The second kappa shape index (κ2) is 6.32. The van der Waals surface area contributed by atoms with Crippen molar-refractivity contribution in [1.82, 2.24) is 15.2 Å². The van der Waals surface area contributed by atoms with E-state index in [1.165, 1.54) is 43.6 Å². The van der Waals surface area contributed by atoms with Crippen LogP contribution < -0.4 is 10.2 Å². The van der Waals surface area contributed by atoms with Gasteiger partial charge in [0.1, 0.15) is 0 Å². The summed E-state index contributed by atoms with van der Waals surface area (Å²) in [5.74, 6) is 0.790. The quantitative estimate of drug-likeness (QED) is 0.868. The lowest BCUT2D eigenvalue weighted by Crippen LogP contribution is -2.29. The molecule has 1 aliphatic heterocycles. The Balaban J connectivity index is 1.67. The number of likely N-dealkylation sites (tertiary alicyclic amines) is 1. The Morgan fingerprint density at radius 1 is 1.38 bits per heavy atom. The SMILES string of the molecule is Cc1cc(N(C)CC2CCN(C)C2)c(CNC2CC2)cn1. The lowest BCUT2D eigenvalue weighted by molar-refractivity contribution is 0.396. The zero-order chi connectivity index (χ0) is 14.8. The first-order valence-electron chi connectivity index (χ1n) is 8.20. The van der Waals surface area contributed by atoms with Crippen molar-refractivity contribution in [3.63, 3.8) is 0 Å². The summed E-state index contributed by atoms with van der Waals surface area (Å²) >= 11 is 0. The molecule has 116 valence electrons. The molecule has 21 heavy (non-hydrogen) atoms. The number of hydrogen-bond acceptors (Lipinski definition) is 4. The van der Waals surface area contributed by atoms with Crippen molar-refractivity contribution in [3.8, 4) is 0 Å². The highest BCUT2D eigenvalue weighted by molar-refractivity contribution is 5.53. The summed E-state index contributed by atoms with van der Waals surface area (Å²) in [5.41, 5.74) is 3.79. The van der Waals surface area contributed by atoms with E-state index in [1.807, 2.05) is 0 Å². The summed E-state index contributed by atoms with van der Waals surface area (Å²) in [7, 11) is 4.45. The molecule has 1 aromatic heterocycles. The third-order valence-corrected chi connectivity index (χ3v) is 4.69. The molecule has 1 saturated carbocycles. The van der Waals surface area contributed by atoms with Gasteiger partial charge >= 0.3 is 0 Å². The van der Waals surface area contributed by atoms with Crippen LogP contribution in [0.15, 0.2) is 12.3 Å². The molecular weight excluding hydrogens is 260 g/mol. The van der Waals surface area contributed by atoms with Crippen LogP contribution in [0, 0.1) is 12.8 Å². The van der Waals surface area contributed by atoms with Gasteiger partial charge in [0.05, 0.1) is 0 Å². The van der Waals surface area contributed by atoms with Gasteiger partial charge in [-0.05, 0) is 51.8 Å². The van der Waals surface area contributed by atoms with E-state index in [-0.39, 0.29) is 0 Å². The Kier molecular flexibility index (Phi) is 4.45. The first-order chi connectivity index (χ1) is 10.1. The average Bonchev–Trinajstić information content (AvgIpc) is 3.20. The number of pyridine rings is 1. The standard InChI is InChI=1S/C17H28N4/c1-13-8-17(15(9-18-13)10-19-16-4-5-16)21(3)12-14-6-7-20(2)11-14/h8-9,14,16,19H,4-7,10-12H2,1-3H3. The maximum Gasteiger partial charge on any atom is 0.0443 e. The van der Waals surface area contributed by atoms with Gasteiger partial charge in [0.15, 0.2) is 0 Å². The Morgan fingerprint density at radius 2 is 2.19 bits per heavy atom. The normalized spacial score (nSPS) is 22.7. The van der Waals surface area contributed by atoms with Gasteiger partial charge in [-0.25, -0.2) is 0 Å². The summed E-state index contributed by atoms with van der Waals surface area (Å²) in [5, 5.41) is 3.61. The largest absolute Gasteiger partial charge is 0.374 e. The molecule has 0 amide bonds. The lowest BCUT2D eigenvalue weighted by atomic mass is 10.1. The van der Waals surface area contributed by atoms with Crippen molar-refractivity contribution >= 4 is 5.69 Å². The molecule has 2 heterocycles. The van der Waals surface area contributed by atoms with Crippen LogP contribution in [0.25, 0.3) is 0 Å². The minimum atomic E-state index is 0.743. The van der Waals surface area contributed by atoms with E-state index >= 15 is 0 Å². The van der Waals surface area contributed by atoms with Crippen molar-refractivity contribution in [2.75, 3.05) is 38.6 Å². The fourth-order valence-electron chi connectivity index (χ4n) is 3.27. The van der Waals surface area contributed by atoms with Gasteiger partial charge in [0, 0.05) is 55.9 Å². The van der Waals surface area contributed by atoms with E-state index in [0.29, 0.717) is 0 Å². The van der Waals surface area contributed by atoms with Gasteiger partial charge < -0.3 is 15.1 Å². The molecule has 1 unspecified atom stereocenters. The molecule has 1 aromatic rings. The smallest absolute Gasteiger partial charge is 0.0443 e. The van der Waals surface area contributed by atoms with Crippen LogP contribution in [0.2, 0.25) is 0 Å². The molecular formula is C17H28N4. The molecule has 4 heteroatoms. The number of anilines is 1. The Hall–Kier alpha value is -1.13. The summed E-state index contributed by atoms with van der Waals surface area (Å²) in [6.45, 7) is 6.64. The number of aromatic nitrogens is 1. The molecule has 3 rings (SSSR count). The molecule has 0 radical (unpaired) electrons. The molecule has 1 saturated heterocycles. The van der Waals surface area contributed by atoms with E-state index in [1.54, 1.807) is 0 Å². The predicted molar refractivity (Wildman–Crippen MR) is 87.7 cm³/mol. The fraction of sp³-hybridized carbons (Fsp3) is 0.706. The van der Waals surface area contributed by atoms with Gasteiger partial charge in [-0.15, -0.1) is 0 Å². The van der Waals surface area contributed by atoms with Crippen molar-refractivity contribution in [3.05, 3.63) is 23.5 Å². The maximum atomic E-state index is 4.49. The van der Waals surface area contributed by atoms with E-state index < -0.39 is 0 Å². The minimum Gasteiger partial charge on any atom is -0.374 e. The van der Waals surface area contributed by atoms with Gasteiger partial charge in [-0.3, -0.25) is 4.98 Å². The number of nitrogens with zero attached hydrogens (tertiary/aromatic N) is 3. The highest BCUT2D eigenvalue weighted by atomic mass is 15.2. The highest BCUT2D eigenvalue weighted by Crippen LogP contribution is 2.25. The molecule has 1 atom stereocenters. The zero-order valence-electron chi connectivity index (χ0n) is 13.6. The summed E-state index contributed by atoms with van der Waals surface area (Å²) < 4.78 is 0. The maximum absolute atomic E-state index is 4.49. The lowest BCUT2D eigenvalue weighted by Gasteiger charge is -2.26. The third-order valence-electron chi connectivity index (χ3n) is 4.69. The monoisotopic (exact) mass is 288 g/mol. The van der Waals surface area contributed by atoms with E-state index in [9.17, 15) is 0 Å². The van der Waals surface area contributed by atoms with Crippen LogP contribution in [-0.2, 0) is 6.54 Å². The van der Waals surface area contributed by atoms with Crippen molar-refractivity contribution in [2.24, 2.45) is 5.92 Å². The fourth-order valence-corrected chi connectivity index (χ4v) is 3.27. The number of nitrogens with one attached hydrogen (secondary N) is 1. The Bertz CT molecular complexity index is 484. The molecule has 2 aliphatic rings. The molecule has 0 spiro atoms. The Labute approximate surface area is 128 Å². The van der Waals surface area contributed by atoms with E-state index in [0.717, 1.165) is 30.7 Å². The van der Waals surface area contributed by atoms with Crippen LogP contribution in [0.1, 0.15) is 30.5 Å². The molecule has 2 fully saturated rings. The topological polar surface area (TPSA) is 31.4 Å². The number of rotatable bonds is 6. The van der Waals surface area contributed by atoms with Crippen LogP contribution in [-0.4, -0.2) is 49.7 Å². The summed E-state index contributed by atoms with van der Waals surface area (Å²) in [6.07, 6.45) is 6.04. The second-order valence-electron chi connectivity index (χ2n) is 6.91. The molecule has 1 N–H and O–H groups in total. The Morgan fingerprint density at radius 3 is 2.86 bits per heavy atom. The van der Waals surface area contributed by atoms with Gasteiger partial charge in [-0.1, -0.05) is 0 Å². The minimum absolute atomic E-state index is 0.743. The van der Waals surface area contributed by atoms with Crippen molar-refractivity contribution < 1.29 is 0 Å². The third kappa shape index (κ3) is 3.95. The summed E-state index contributed by atoms with van der Waals surface area (Å²) in [4.78, 5) is 9.36. The van der Waals surface area contributed by atoms with Crippen LogP contribution in [0.4, 0.5) is 5.69 Å². The van der Waals surface area contributed by atoms with Gasteiger partial charge in [0.2, 0.25) is 0 Å². The van der Waals surface area contributed by atoms with Crippen molar-refractivity contribution in [2.45, 2.75) is 38.8 Å². The van der Waals surface area contributed by atoms with Gasteiger partial charge in [-0.2, -0.15) is 0 Å². The second-order valence-corrected chi connectivity index (χ2v) is 6.91. The molecule has 0 bridgehead atoms. The van der Waals surface area contributed by atoms with Crippen molar-refractivity contribution in [1.29, 1.82) is 0 Å². The van der Waals surface area contributed by atoms with Crippen LogP contribution >= 0.6 is 0 Å². The first-order valence-corrected chi connectivity index (χ1v) is 8.20. The molecule has 4 nitrogen and oxygen atoms in total. The molecule has 1 aliphatic carbocycles. The van der Waals surface area contributed by atoms with Crippen LogP contribution in [0.3, 0.4) is 0 Å². The van der Waals surface area contributed by atoms with Crippen LogP contribution in [0.5, 0.6) is 0 Å². The predicted octanol–water partition coefficient (Wildman–Crippen LogP) is 2.03. The zero-order valence-corrected chi connectivity index (χ0v) is 13.6. The first kappa shape index (κ1) is 14.8. The number of aryl methyl sites for hydroxylation is 1. The van der Waals surface area contributed by atoms with Gasteiger partial charge in [0.25, 0.3) is 0 Å². The molecule has 0 aromatic carbocycles. The van der Waals surface area contributed by atoms with E-state index in [4.69, 9.17) is 0 Å². The number of hydrogen-bond donors (Lipinski definition) is 1. The van der Waals surface area contributed by atoms with E-state index in [2.05, 4.69) is 53.4 Å².